The summed E-state index contributed by atoms with van der Waals surface area (Å²) in [6, 6.07) is 0. The van der Waals surface area contributed by atoms with Crippen molar-refractivity contribution in [2.45, 2.75) is 0 Å². The Bertz CT molecular complexity index is 73.4. The number of carboxylic acid groups (broad SMARTS) is 1. The summed E-state index contributed by atoms with van der Waals surface area (Å²) in [7, 11) is 6.70. The van der Waals surface area contributed by atoms with Crippen LogP contribution in [-0.2, 0) is 0 Å². The zero-order valence-corrected chi connectivity index (χ0v) is 6.30. The molecule has 0 aromatic rings. The molecule has 2 N–H and O–H groups in total. The van der Waals surface area contributed by atoms with Crippen molar-refractivity contribution in [3.05, 3.63) is 0 Å². The van der Waals surface area contributed by atoms with E-state index < -0.39 is 6.09 Å². The quantitative estimate of drug-likeness (QED) is 0.492. The lowest BCUT2D eigenvalue weighted by Crippen LogP contribution is -2.18. The second-order valence-corrected chi connectivity index (χ2v) is 1.68. The molecule has 0 saturated heterocycles. The Morgan fingerprint density at radius 3 is 1.56 bits per heavy atom. The Kier molecular flexibility index (Phi) is 8.90. The summed E-state index contributed by atoms with van der Waals surface area (Å²) in [6.45, 7) is 0. The molecule has 0 aromatic carbocycles. The highest BCUT2D eigenvalue weighted by atomic mass is 16.4. The van der Waals surface area contributed by atoms with E-state index >= 15 is 0 Å². The standard InChI is InChI=1S/C3H7NO2.C2H7N/c1-4(2)3(5)6;1-3-2/h1-2H3,(H,5,6);3H,1-2H3. The van der Waals surface area contributed by atoms with Crippen LogP contribution in [0.15, 0.2) is 0 Å². The zero-order valence-electron chi connectivity index (χ0n) is 6.30. The average molecular weight is 134 g/mol. The molecular weight excluding hydrogens is 120 g/mol. The van der Waals surface area contributed by atoms with Crippen LogP contribution in [0.2, 0.25) is 0 Å². The minimum absolute atomic E-state index is 0.907. The minimum atomic E-state index is -0.907. The van der Waals surface area contributed by atoms with Crippen molar-refractivity contribution in [2.75, 3.05) is 28.2 Å². The van der Waals surface area contributed by atoms with Gasteiger partial charge in [0.2, 0.25) is 0 Å². The second-order valence-electron chi connectivity index (χ2n) is 1.68. The highest BCUT2D eigenvalue weighted by Crippen LogP contribution is 1.69. The second kappa shape index (κ2) is 7.23. The third-order valence-electron chi connectivity index (χ3n) is 0.383. The van der Waals surface area contributed by atoms with Crippen LogP contribution in [0, 0.1) is 0 Å². The first-order valence-corrected chi connectivity index (χ1v) is 2.55. The van der Waals surface area contributed by atoms with Gasteiger partial charge in [-0.1, -0.05) is 0 Å². The number of hydrogen-bond donors (Lipinski definition) is 2. The number of nitrogens with zero attached hydrogens (tertiary/aromatic N) is 1. The van der Waals surface area contributed by atoms with Gasteiger partial charge in [-0.15, -0.1) is 0 Å². The Hall–Kier alpha value is -0.770. The van der Waals surface area contributed by atoms with Crippen molar-refractivity contribution in [3.8, 4) is 0 Å². The normalized spacial score (nSPS) is 7.11. The van der Waals surface area contributed by atoms with Gasteiger partial charge in [-0.2, -0.15) is 0 Å². The SMILES string of the molecule is CN(C)C(=O)O.CNC. The first-order valence-electron chi connectivity index (χ1n) is 2.55. The molecule has 0 aliphatic heterocycles. The Morgan fingerprint density at radius 2 is 1.56 bits per heavy atom. The number of rotatable bonds is 0. The molecule has 1 amide bonds. The van der Waals surface area contributed by atoms with Gasteiger partial charge in [-0.25, -0.2) is 4.79 Å². The molecular formula is C5H14N2O2. The topological polar surface area (TPSA) is 52.6 Å². The first kappa shape index (κ1) is 11.1. The fraction of sp³-hybridized carbons (Fsp3) is 0.800. The van der Waals surface area contributed by atoms with Gasteiger partial charge in [0.05, 0.1) is 0 Å². The number of amides is 1. The lowest BCUT2D eigenvalue weighted by Gasteiger charge is -1.99. The van der Waals surface area contributed by atoms with Gasteiger partial charge in [0, 0.05) is 14.1 Å². The van der Waals surface area contributed by atoms with Crippen molar-refractivity contribution in [1.82, 2.24) is 10.2 Å². The van der Waals surface area contributed by atoms with Crippen LogP contribution in [-0.4, -0.2) is 44.3 Å². The molecule has 0 aromatic heterocycles. The van der Waals surface area contributed by atoms with Gasteiger partial charge in [-0.05, 0) is 14.1 Å². The third kappa shape index (κ3) is 19.0. The van der Waals surface area contributed by atoms with Gasteiger partial charge < -0.3 is 15.3 Å². The van der Waals surface area contributed by atoms with Gasteiger partial charge in [0.15, 0.2) is 0 Å². The maximum atomic E-state index is 9.62. The van der Waals surface area contributed by atoms with E-state index in [2.05, 4.69) is 5.32 Å². The molecule has 9 heavy (non-hydrogen) atoms. The van der Waals surface area contributed by atoms with Crippen LogP contribution in [0.25, 0.3) is 0 Å². The van der Waals surface area contributed by atoms with Crippen LogP contribution in [0.1, 0.15) is 0 Å². The van der Waals surface area contributed by atoms with E-state index in [-0.39, 0.29) is 0 Å². The Morgan fingerprint density at radius 1 is 1.44 bits per heavy atom. The van der Waals surface area contributed by atoms with Crippen molar-refractivity contribution >= 4 is 6.09 Å². The van der Waals surface area contributed by atoms with E-state index in [4.69, 9.17) is 5.11 Å². The number of hydrogen-bond acceptors (Lipinski definition) is 2. The van der Waals surface area contributed by atoms with E-state index in [0.29, 0.717) is 0 Å². The fourth-order valence-electron chi connectivity index (χ4n) is 0. The van der Waals surface area contributed by atoms with Crippen molar-refractivity contribution in [2.24, 2.45) is 0 Å². The van der Waals surface area contributed by atoms with E-state index in [1.807, 2.05) is 14.1 Å². The van der Waals surface area contributed by atoms with Crippen LogP contribution in [0.5, 0.6) is 0 Å². The molecule has 4 nitrogen and oxygen atoms in total. The molecule has 0 bridgehead atoms. The molecule has 0 aliphatic rings. The van der Waals surface area contributed by atoms with Crippen LogP contribution in [0.4, 0.5) is 4.79 Å². The van der Waals surface area contributed by atoms with Crippen molar-refractivity contribution in [3.63, 3.8) is 0 Å². The maximum absolute atomic E-state index is 9.62. The summed E-state index contributed by atoms with van der Waals surface area (Å²) in [5.74, 6) is 0. The molecule has 0 saturated carbocycles. The molecule has 4 heteroatoms. The summed E-state index contributed by atoms with van der Waals surface area (Å²) in [4.78, 5) is 10.7. The minimum Gasteiger partial charge on any atom is -0.465 e. The van der Waals surface area contributed by atoms with Gasteiger partial charge in [-0.3, -0.25) is 0 Å². The third-order valence-corrected chi connectivity index (χ3v) is 0.383. The van der Waals surface area contributed by atoms with Crippen molar-refractivity contribution in [1.29, 1.82) is 0 Å². The molecule has 0 rings (SSSR count). The average Bonchev–Trinajstić information content (AvgIpc) is 1.68. The molecule has 0 heterocycles. The molecule has 0 aliphatic carbocycles. The highest BCUT2D eigenvalue weighted by Gasteiger charge is 1.91. The van der Waals surface area contributed by atoms with Crippen LogP contribution >= 0.6 is 0 Å². The zero-order chi connectivity index (χ0) is 7.86. The van der Waals surface area contributed by atoms with Crippen molar-refractivity contribution < 1.29 is 9.90 Å². The van der Waals surface area contributed by atoms with E-state index in [1.54, 1.807) is 0 Å². The molecule has 0 spiro atoms. The van der Waals surface area contributed by atoms with E-state index in [9.17, 15) is 4.79 Å². The lowest BCUT2D eigenvalue weighted by atomic mass is 10.9. The lowest BCUT2D eigenvalue weighted by molar-refractivity contribution is 0.165. The maximum Gasteiger partial charge on any atom is 0.406 e. The Balaban J connectivity index is 0. The van der Waals surface area contributed by atoms with Gasteiger partial charge >= 0.3 is 6.09 Å². The number of nitrogens with one attached hydrogen (secondary N) is 1. The van der Waals surface area contributed by atoms with Crippen LogP contribution < -0.4 is 5.32 Å². The van der Waals surface area contributed by atoms with E-state index in [1.165, 1.54) is 14.1 Å². The van der Waals surface area contributed by atoms with Crippen LogP contribution in [0.3, 0.4) is 0 Å². The summed E-state index contributed by atoms with van der Waals surface area (Å²) < 4.78 is 0. The van der Waals surface area contributed by atoms with Gasteiger partial charge in [0.1, 0.15) is 0 Å². The summed E-state index contributed by atoms with van der Waals surface area (Å²) >= 11 is 0. The fourth-order valence-corrected chi connectivity index (χ4v) is 0. The smallest absolute Gasteiger partial charge is 0.406 e. The predicted molar refractivity (Wildman–Crippen MR) is 36.7 cm³/mol. The molecule has 0 atom stereocenters. The number of carbonyl (C=O) groups is 1. The molecule has 0 radical (unpaired) electrons. The summed E-state index contributed by atoms with van der Waals surface area (Å²) in [5.41, 5.74) is 0. The first-order chi connectivity index (χ1) is 4.06. The molecule has 56 valence electrons. The highest BCUT2D eigenvalue weighted by molar-refractivity contribution is 5.63. The van der Waals surface area contributed by atoms with E-state index in [0.717, 1.165) is 4.90 Å². The molecule has 0 unspecified atom stereocenters. The summed E-state index contributed by atoms with van der Waals surface area (Å²) in [6.07, 6.45) is -0.907. The monoisotopic (exact) mass is 134 g/mol. The Labute approximate surface area is 55.5 Å². The summed E-state index contributed by atoms with van der Waals surface area (Å²) in [5, 5.41) is 10.7. The predicted octanol–water partition coefficient (Wildman–Crippen LogP) is 0.0616. The molecule has 0 fully saturated rings. The largest absolute Gasteiger partial charge is 0.465 e. The van der Waals surface area contributed by atoms with Gasteiger partial charge in [0.25, 0.3) is 0 Å².